The van der Waals surface area contributed by atoms with Gasteiger partial charge in [-0.3, -0.25) is 4.98 Å². The zero-order valence-electron chi connectivity index (χ0n) is 17.2. The highest BCUT2D eigenvalue weighted by molar-refractivity contribution is 7.26. The fraction of sp³-hybridized carbons (Fsp3) is 0.148. The molecule has 3 aromatic carbocycles. The van der Waals surface area contributed by atoms with Crippen LogP contribution >= 0.6 is 22.7 Å². The Hall–Kier alpha value is -2.75. The molecule has 3 heterocycles. The van der Waals surface area contributed by atoms with E-state index in [1.54, 1.807) is 0 Å². The third-order valence-electron chi connectivity index (χ3n) is 5.90. The number of hydrogen-bond donors (Lipinski definition) is 0. The summed E-state index contributed by atoms with van der Waals surface area (Å²) >= 11 is 3.68. The third kappa shape index (κ3) is 2.69. The molecule has 0 bridgehead atoms. The Labute approximate surface area is 183 Å². The highest BCUT2D eigenvalue weighted by Gasteiger charge is 2.20. The van der Waals surface area contributed by atoms with E-state index in [-0.39, 0.29) is 5.41 Å². The number of benzene rings is 3. The van der Waals surface area contributed by atoms with E-state index in [1.165, 1.54) is 52.2 Å². The number of aromatic nitrogens is 1. The summed E-state index contributed by atoms with van der Waals surface area (Å²) in [5.41, 5.74) is 3.72. The number of thiophene rings is 2. The van der Waals surface area contributed by atoms with Crippen LogP contribution in [0.2, 0.25) is 0 Å². The number of rotatable bonds is 1. The Bertz CT molecular complexity index is 1580. The summed E-state index contributed by atoms with van der Waals surface area (Å²) in [5, 5.41) is 8.69. The van der Waals surface area contributed by atoms with Gasteiger partial charge in [0.25, 0.3) is 0 Å². The first kappa shape index (κ1) is 18.1. The molecular weight excluding hydrogens is 402 g/mol. The largest absolute Gasteiger partial charge is 0.256 e. The fourth-order valence-corrected chi connectivity index (χ4v) is 6.47. The van der Waals surface area contributed by atoms with E-state index in [1.807, 2.05) is 28.9 Å². The summed E-state index contributed by atoms with van der Waals surface area (Å²) in [6, 6.07) is 22.4. The van der Waals surface area contributed by atoms with Crippen molar-refractivity contribution in [3.8, 4) is 11.3 Å². The third-order valence-corrected chi connectivity index (χ3v) is 7.90. The monoisotopic (exact) mass is 423 g/mol. The normalized spacial score (nSPS) is 12.5. The highest BCUT2D eigenvalue weighted by Crippen LogP contribution is 2.43. The van der Waals surface area contributed by atoms with E-state index in [0.717, 1.165) is 5.69 Å². The Balaban J connectivity index is 1.72. The van der Waals surface area contributed by atoms with Gasteiger partial charge in [0.05, 0.1) is 5.69 Å². The predicted molar refractivity (Wildman–Crippen MR) is 134 cm³/mol. The molecule has 0 aliphatic rings. The maximum Gasteiger partial charge on any atom is 0.0795 e. The molecule has 0 saturated heterocycles. The van der Waals surface area contributed by atoms with E-state index in [0.29, 0.717) is 0 Å². The highest BCUT2D eigenvalue weighted by atomic mass is 32.1. The zero-order chi connectivity index (χ0) is 20.5. The first-order chi connectivity index (χ1) is 14.5. The van der Waals surface area contributed by atoms with Crippen molar-refractivity contribution in [1.29, 1.82) is 0 Å². The van der Waals surface area contributed by atoms with Gasteiger partial charge in [-0.15, -0.1) is 22.7 Å². The topological polar surface area (TPSA) is 12.9 Å². The van der Waals surface area contributed by atoms with E-state index in [4.69, 9.17) is 4.98 Å². The molecule has 0 unspecified atom stereocenters. The lowest BCUT2D eigenvalue weighted by Crippen LogP contribution is -2.12. The molecule has 3 heteroatoms. The summed E-state index contributed by atoms with van der Waals surface area (Å²) in [6.45, 7) is 6.87. The minimum Gasteiger partial charge on any atom is -0.256 e. The van der Waals surface area contributed by atoms with Gasteiger partial charge >= 0.3 is 0 Å². The summed E-state index contributed by atoms with van der Waals surface area (Å²) in [7, 11) is 0. The van der Waals surface area contributed by atoms with Crippen molar-refractivity contribution in [2.75, 3.05) is 0 Å². The van der Waals surface area contributed by atoms with Gasteiger partial charge in [0, 0.05) is 36.6 Å². The minimum absolute atomic E-state index is 0.0586. The SMILES string of the molecule is CC(C)(C)c1cc(-c2nccc3sc4cc5sccc5cc4c23)cc2ccccc12. The van der Waals surface area contributed by atoms with Gasteiger partial charge in [-0.05, 0) is 68.9 Å². The van der Waals surface area contributed by atoms with Crippen LogP contribution in [-0.4, -0.2) is 4.98 Å². The van der Waals surface area contributed by atoms with Gasteiger partial charge in [-0.25, -0.2) is 0 Å². The van der Waals surface area contributed by atoms with Crippen LogP contribution in [-0.2, 0) is 5.41 Å². The maximum atomic E-state index is 4.91. The average Bonchev–Trinajstić information content (AvgIpc) is 3.33. The summed E-state index contributed by atoms with van der Waals surface area (Å²) in [6.07, 6.45) is 1.96. The summed E-state index contributed by atoms with van der Waals surface area (Å²) < 4.78 is 3.99. The Morgan fingerprint density at radius 2 is 1.63 bits per heavy atom. The maximum absolute atomic E-state index is 4.91. The van der Waals surface area contributed by atoms with Crippen LogP contribution in [0.5, 0.6) is 0 Å². The molecule has 0 fully saturated rings. The second-order valence-corrected chi connectivity index (χ2v) is 11.0. The van der Waals surface area contributed by atoms with Gasteiger partial charge in [-0.2, -0.15) is 0 Å². The molecule has 30 heavy (non-hydrogen) atoms. The minimum atomic E-state index is 0.0586. The number of nitrogens with zero attached hydrogens (tertiary/aromatic N) is 1. The number of hydrogen-bond acceptors (Lipinski definition) is 3. The van der Waals surface area contributed by atoms with Crippen LogP contribution in [0.4, 0.5) is 0 Å². The van der Waals surface area contributed by atoms with Crippen LogP contribution < -0.4 is 0 Å². The van der Waals surface area contributed by atoms with Crippen LogP contribution in [0.3, 0.4) is 0 Å². The molecule has 0 atom stereocenters. The van der Waals surface area contributed by atoms with Gasteiger partial charge in [0.2, 0.25) is 0 Å². The van der Waals surface area contributed by atoms with Crippen molar-refractivity contribution in [3.63, 3.8) is 0 Å². The molecular formula is C27H21NS2. The lowest BCUT2D eigenvalue weighted by molar-refractivity contribution is 0.596. The number of fused-ring (bicyclic) bond motifs is 5. The molecule has 0 N–H and O–H groups in total. The van der Waals surface area contributed by atoms with Crippen LogP contribution in [0, 0.1) is 0 Å². The van der Waals surface area contributed by atoms with Crippen molar-refractivity contribution in [2.45, 2.75) is 26.2 Å². The zero-order valence-corrected chi connectivity index (χ0v) is 18.8. The lowest BCUT2D eigenvalue weighted by atomic mass is 9.82. The van der Waals surface area contributed by atoms with Gasteiger partial charge in [0.15, 0.2) is 0 Å². The van der Waals surface area contributed by atoms with Crippen molar-refractivity contribution < 1.29 is 0 Å². The first-order valence-electron chi connectivity index (χ1n) is 10.2. The fourth-order valence-electron chi connectivity index (χ4n) is 4.47. The van der Waals surface area contributed by atoms with Gasteiger partial charge in [0.1, 0.15) is 0 Å². The quantitative estimate of drug-likeness (QED) is 0.257. The molecule has 0 aliphatic carbocycles. The van der Waals surface area contributed by atoms with Crippen LogP contribution in [0.25, 0.3) is 52.3 Å². The van der Waals surface area contributed by atoms with Crippen molar-refractivity contribution in [3.05, 3.63) is 77.8 Å². The smallest absolute Gasteiger partial charge is 0.0795 e. The number of pyridine rings is 1. The van der Waals surface area contributed by atoms with Gasteiger partial charge < -0.3 is 0 Å². The van der Waals surface area contributed by atoms with E-state index >= 15 is 0 Å². The standard InChI is InChI=1S/C27H21NS2/c1-27(2,3)21-14-18(12-16-6-4-5-7-19(16)21)26-25-20-13-17-9-11-29-23(17)15-24(20)30-22(25)8-10-28-26/h4-15H,1-3H3. The Morgan fingerprint density at radius 3 is 2.50 bits per heavy atom. The average molecular weight is 424 g/mol. The molecule has 0 aliphatic heterocycles. The Morgan fingerprint density at radius 1 is 0.767 bits per heavy atom. The molecule has 3 aromatic heterocycles. The van der Waals surface area contributed by atoms with Crippen LogP contribution in [0.15, 0.2) is 72.2 Å². The second-order valence-electron chi connectivity index (χ2n) is 8.94. The van der Waals surface area contributed by atoms with Crippen molar-refractivity contribution in [2.24, 2.45) is 0 Å². The molecule has 6 aromatic rings. The molecule has 0 spiro atoms. The summed E-state index contributed by atoms with van der Waals surface area (Å²) in [5.74, 6) is 0. The summed E-state index contributed by atoms with van der Waals surface area (Å²) in [4.78, 5) is 4.91. The molecule has 0 amide bonds. The molecule has 146 valence electrons. The molecule has 6 rings (SSSR count). The Kier molecular flexibility index (Phi) is 3.83. The van der Waals surface area contributed by atoms with Crippen molar-refractivity contribution in [1.82, 2.24) is 4.98 Å². The van der Waals surface area contributed by atoms with E-state index in [9.17, 15) is 0 Å². The van der Waals surface area contributed by atoms with Crippen LogP contribution in [0.1, 0.15) is 26.3 Å². The first-order valence-corrected chi connectivity index (χ1v) is 11.9. The lowest BCUT2D eigenvalue weighted by Gasteiger charge is -2.23. The molecule has 0 radical (unpaired) electrons. The van der Waals surface area contributed by atoms with Gasteiger partial charge in [-0.1, -0.05) is 45.0 Å². The molecule has 0 saturated carbocycles. The molecule has 1 nitrogen and oxygen atoms in total. The van der Waals surface area contributed by atoms with E-state index in [2.05, 4.69) is 86.8 Å². The van der Waals surface area contributed by atoms with E-state index < -0.39 is 0 Å². The predicted octanol–water partition coefficient (Wildman–Crippen LogP) is 8.78. The second kappa shape index (κ2) is 6.37. The van der Waals surface area contributed by atoms with Crippen molar-refractivity contribution >= 4 is 63.7 Å².